The van der Waals surface area contributed by atoms with Gasteiger partial charge in [0, 0.05) is 39.8 Å². The maximum atomic E-state index is 12.3. The average molecular weight is 347 g/mol. The van der Waals surface area contributed by atoms with Gasteiger partial charge in [0.15, 0.2) is 5.96 Å². The van der Waals surface area contributed by atoms with E-state index in [-0.39, 0.29) is 18.5 Å². The molecule has 9 heteroatoms. The molecule has 0 aromatic carbocycles. The van der Waals surface area contributed by atoms with Crippen LogP contribution in [0.4, 0.5) is 0 Å². The van der Waals surface area contributed by atoms with E-state index in [9.17, 15) is 13.2 Å². The van der Waals surface area contributed by atoms with Gasteiger partial charge in [0.2, 0.25) is 15.9 Å². The number of nitrogens with one attached hydrogen (secondary N) is 2. The monoisotopic (exact) mass is 347 g/mol. The molecule has 1 rings (SSSR count). The fraction of sp³-hybridized carbons (Fsp3) is 0.857. The summed E-state index contributed by atoms with van der Waals surface area (Å²) in [4.78, 5) is 19.4. The van der Waals surface area contributed by atoms with E-state index in [0.717, 1.165) is 0 Å². The molecule has 1 aliphatic rings. The van der Waals surface area contributed by atoms with Crippen molar-refractivity contribution in [2.24, 2.45) is 4.99 Å². The minimum absolute atomic E-state index is 0.0491. The van der Waals surface area contributed by atoms with Gasteiger partial charge in [-0.05, 0) is 27.2 Å². The highest BCUT2D eigenvalue weighted by Gasteiger charge is 2.34. The van der Waals surface area contributed by atoms with Gasteiger partial charge in [-0.3, -0.25) is 4.79 Å². The van der Waals surface area contributed by atoms with Crippen LogP contribution in [-0.4, -0.2) is 81.7 Å². The summed E-state index contributed by atoms with van der Waals surface area (Å²) in [7, 11) is 0.0278. The Morgan fingerprint density at radius 3 is 2.57 bits per heavy atom. The zero-order valence-electron chi connectivity index (χ0n) is 14.7. The molecule has 134 valence electrons. The Bertz CT molecular complexity index is 531. The molecule has 0 aromatic heterocycles. The van der Waals surface area contributed by atoms with Crippen LogP contribution in [-0.2, 0) is 14.8 Å². The maximum absolute atomic E-state index is 12.3. The van der Waals surface area contributed by atoms with Gasteiger partial charge in [-0.2, -0.15) is 0 Å². The molecule has 0 saturated carbocycles. The Kier molecular flexibility index (Phi) is 7.27. The van der Waals surface area contributed by atoms with Crippen molar-refractivity contribution in [2.45, 2.75) is 38.5 Å². The molecule has 1 unspecified atom stereocenters. The molecule has 1 heterocycles. The first-order chi connectivity index (χ1) is 10.7. The summed E-state index contributed by atoms with van der Waals surface area (Å²) >= 11 is 0. The quantitative estimate of drug-likeness (QED) is 0.496. The van der Waals surface area contributed by atoms with Crippen molar-refractivity contribution < 1.29 is 13.2 Å². The Balaban J connectivity index is 2.76. The minimum atomic E-state index is -3.33. The number of likely N-dealkylation sites (N-methyl/N-ethyl adjacent to an activating group) is 1. The lowest BCUT2D eigenvalue weighted by molar-refractivity contribution is -0.127. The molecule has 2 N–H and O–H groups in total. The predicted molar refractivity (Wildman–Crippen MR) is 91.8 cm³/mol. The molecule has 23 heavy (non-hydrogen) atoms. The summed E-state index contributed by atoms with van der Waals surface area (Å²) < 4.78 is 27.2. The summed E-state index contributed by atoms with van der Waals surface area (Å²) in [6.45, 7) is 7.25. The van der Waals surface area contributed by atoms with E-state index in [4.69, 9.17) is 0 Å². The number of likely N-dealkylation sites (tertiary alicyclic amines) is 1. The van der Waals surface area contributed by atoms with Crippen LogP contribution in [0.1, 0.15) is 27.2 Å². The molecule has 0 radical (unpaired) electrons. The smallest absolute Gasteiger partial charge is 0.243 e. The molecule has 0 bridgehead atoms. The first-order valence-corrected chi connectivity index (χ1v) is 9.46. The highest BCUT2D eigenvalue weighted by Crippen LogP contribution is 2.16. The van der Waals surface area contributed by atoms with Crippen LogP contribution in [0.5, 0.6) is 0 Å². The fourth-order valence-electron chi connectivity index (χ4n) is 2.31. The Hall–Kier alpha value is -1.35. The number of amides is 1. The van der Waals surface area contributed by atoms with E-state index in [1.54, 1.807) is 14.1 Å². The van der Waals surface area contributed by atoms with Gasteiger partial charge in [-0.15, -0.1) is 0 Å². The molecule has 0 aromatic rings. The topological polar surface area (TPSA) is 94.1 Å². The van der Waals surface area contributed by atoms with Crippen molar-refractivity contribution >= 4 is 21.9 Å². The normalized spacial score (nSPS) is 19.3. The van der Waals surface area contributed by atoms with E-state index in [0.29, 0.717) is 32.0 Å². The number of sulfonamides is 1. The van der Waals surface area contributed by atoms with Crippen LogP contribution < -0.4 is 10.0 Å². The second-order valence-corrected chi connectivity index (χ2v) is 8.12. The van der Waals surface area contributed by atoms with Crippen LogP contribution in [0, 0.1) is 0 Å². The first-order valence-electron chi connectivity index (χ1n) is 7.92. The van der Waals surface area contributed by atoms with Crippen molar-refractivity contribution in [3.05, 3.63) is 0 Å². The van der Waals surface area contributed by atoms with E-state index < -0.39 is 15.3 Å². The average Bonchev–Trinajstić information content (AvgIpc) is 2.92. The highest BCUT2D eigenvalue weighted by atomic mass is 32.2. The lowest BCUT2D eigenvalue weighted by atomic mass is 10.4. The zero-order valence-corrected chi connectivity index (χ0v) is 15.5. The van der Waals surface area contributed by atoms with Crippen LogP contribution in [0.15, 0.2) is 4.99 Å². The van der Waals surface area contributed by atoms with Crippen molar-refractivity contribution in [1.29, 1.82) is 0 Å². The standard InChI is InChI=1S/C14H29N5O3S/c1-6-15-14(16-9-13(20)18(4)5)19-8-7-12(10-19)23(21,22)17-11(2)3/h11-12,17H,6-10H2,1-5H3,(H,15,16). The lowest BCUT2D eigenvalue weighted by Gasteiger charge is -2.22. The van der Waals surface area contributed by atoms with Gasteiger partial charge in [0.05, 0.1) is 5.25 Å². The van der Waals surface area contributed by atoms with E-state index >= 15 is 0 Å². The van der Waals surface area contributed by atoms with Gasteiger partial charge >= 0.3 is 0 Å². The summed E-state index contributed by atoms with van der Waals surface area (Å²) in [6.07, 6.45) is 0.550. The number of aliphatic imine (C=N–C) groups is 1. The lowest BCUT2D eigenvalue weighted by Crippen LogP contribution is -2.44. The fourth-order valence-corrected chi connectivity index (χ4v) is 3.95. The number of nitrogens with zero attached hydrogens (tertiary/aromatic N) is 3. The molecule has 1 aliphatic heterocycles. The molecule has 1 amide bonds. The molecule has 1 atom stereocenters. The van der Waals surface area contributed by atoms with E-state index in [2.05, 4.69) is 15.0 Å². The van der Waals surface area contributed by atoms with Gasteiger partial charge in [-0.1, -0.05) is 0 Å². The van der Waals surface area contributed by atoms with E-state index in [1.807, 2.05) is 25.7 Å². The Morgan fingerprint density at radius 1 is 1.39 bits per heavy atom. The number of carbonyl (C=O) groups excluding carboxylic acids is 1. The summed E-state index contributed by atoms with van der Waals surface area (Å²) in [6, 6.07) is -0.117. The molecule has 1 fully saturated rings. The number of guanidine groups is 1. The van der Waals surface area contributed by atoms with Crippen LogP contribution in [0.25, 0.3) is 0 Å². The molecular weight excluding hydrogens is 318 g/mol. The number of hydrogen-bond donors (Lipinski definition) is 2. The summed E-state index contributed by atoms with van der Waals surface area (Å²) in [5, 5.41) is 2.66. The third-order valence-corrected chi connectivity index (χ3v) is 5.54. The molecule has 0 spiro atoms. The number of hydrogen-bond acceptors (Lipinski definition) is 4. The second kappa shape index (κ2) is 8.49. The molecule has 8 nitrogen and oxygen atoms in total. The second-order valence-electron chi connectivity index (χ2n) is 6.13. The highest BCUT2D eigenvalue weighted by molar-refractivity contribution is 7.90. The largest absolute Gasteiger partial charge is 0.357 e. The SMILES string of the molecule is CCNC(=NCC(=O)N(C)C)N1CCC(S(=O)(=O)NC(C)C)C1. The van der Waals surface area contributed by atoms with Gasteiger partial charge in [0.25, 0.3) is 0 Å². The van der Waals surface area contributed by atoms with Crippen LogP contribution in [0.2, 0.25) is 0 Å². The third kappa shape index (κ3) is 5.98. The molecular formula is C14H29N5O3S. The Labute approximate surface area is 139 Å². The predicted octanol–water partition coefficient (Wildman–Crippen LogP) is -0.558. The van der Waals surface area contributed by atoms with Crippen molar-refractivity contribution in [1.82, 2.24) is 19.8 Å². The van der Waals surface area contributed by atoms with Crippen molar-refractivity contribution in [3.63, 3.8) is 0 Å². The van der Waals surface area contributed by atoms with Crippen LogP contribution in [0.3, 0.4) is 0 Å². The number of carbonyl (C=O) groups is 1. The summed E-state index contributed by atoms with van der Waals surface area (Å²) in [5.41, 5.74) is 0. The maximum Gasteiger partial charge on any atom is 0.243 e. The summed E-state index contributed by atoms with van der Waals surface area (Å²) in [5.74, 6) is 0.496. The minimum Gasteiger partial charge on any atom is -0.357 e. The van der Waals surface area contributed by atoms with E-state index in [1.165, 1.54) is 4.90 Å². The van der Waals surface area contributed by atoms with Crippen molar-refractivity contribution in [2.75, 3.05) is 40.3 Å². The number of rotatable bonds is 6. The third-order valence-electron chi connectivity index (χ3n) is 3.48. The molecule has 1 saturated heterocycles. The van der Waals surface area contributed by atoms with Crippen LogP contribution >= 0.6 is 0 Å². The molecule has 0 aliphatic carbocycles. The zero-order chi connectivity index (χ0) is 17.6. The van der Waals surface area contributed by atoms with Gasteiger partial charge in [-0.25, -0.2) is 18.1 Å². The first kappa shape index (κ1) is 19.7. The van der Waals surface area contributed by atoms with Crippen molar-refractivity contribution in [3.8, 4) is 0 Å². The van der Waals surface area contributed by atoms with Gasteiger partial charge in [0.1, 0.15) is 6.54 Å². The Morgan fingerprint density at radius 2 is 2.04 bits per heavy atom. The van der Waals surface area contributed by atoms with Gasteiger partial charge < -0.3 is 15.1 Å².